The van der Waals surface area contributed by atoms with Crippen LogP contribution in [0.4, 0.5) is 5.69 Å². The van der Waals surface area contributed by atoms with Crippen LogP contribution >= 0.6 is 11.6 Å². The maximum absolute atomic E-state index is 12.4. The third-order valence-electron chi connectivity index (χ3n) is 3.81. The summed E-state index contributed by atoms with van der Waals surface area (Å²) in [5.41, 5.74) is 1.99. The average Bonchev–Trinajstić information content (AvgIpc) is 2.99. The second-order valence-electron chi connectivity index (χ2n) is 5.84. The Kier molecular flexibility index (Phi) is 4.99. The van der Waals surface area contributed by atoms with E-state index in [1.165, 1.54) is 26.2 Å². The molecular weight excluding hydrogens is 376 g/mol. The standard InChI is InChI=1S/C17H17ClN4O3S/c1-21(2)26(24,25)16-9-12(7-8-13(16)18)20-17(23)10-22-11-19-14-5-3-4-6-15(14)22/h3-9,11H,10H2,1-2H3,(H,20,23). The molecule has 0 unspecified atom stereocenters. The Hall–Kier alpha value is -2.42. The fourth-order valence-corrected chi connectivity index (χ4v) is 3.86. The molecule has 0 spiro atoms. The van der Waals surface area contributed by atoms with Gasteiger partial charge in [0.15, 0.2) is 0 Å². The predicted octanol–water partition coefficient (Wildman–Crippen LogP) is 2.58. The Morgan fingerprint density at radius 3 is 2.69 bits per heavy atom. The smallest absolute Gasteiger partial charge is 0.244 e. The molecule has 9 heteroatoms. The van der Waals surface area contributed by atoms with Crippen LogP contribution in [0.25, 0.3) is 11.0 Å². The first-order valence-electron chi connectivity index (χ1n) is 7.71. The lowest BCUT2D eigenvalue weighted by Crippen LogP contribution is -2.23. The number of rotatable bonds is 5. The minimum Gasteiger partial charge on any atom is -0.324 e. The molecule has 0 radical (unpaired) electrons. The van der Waals surface area contributed by atoms with Gasteiger partial charge in [0, 0.05) is 19.8 Å². The minimum absolute atomic E-state index is 0.0545. The van der Waals surface area contributed by atoms with Crippen molar-refractivity contribution in [3.8, 4) is 0 Å². The molecule has 136 valence electrons. The molecule has 0 aliphatic heterocycles. The second-order valence-corrected chi connectivity index (χ2v) is 8.37. The Morgan fingerprint density at radius 2 is 1.96 bits per heavy atom. The van der Waals surface area contributed by atoms with Crippen LogP contribution in [-0.2, 0) is 21.4 Å². The number of benzene rings is 2. The van der Waals surface area contributed by atoms with E-state index in [0.717, 1.165) is 15.3 Å². The molecule has 0 bridgehead atoms. The van der Waals surface area contributed by atoms with E-state index >= 15 is 0 Å². The van der Waals surface area contributed by atoms with Crippen molar-refractivity contribution in [3.05, 3.63) is 53.8 Å². The highest BCUT2D eigenvalue weighted by Crippen LogP contribution is 2.27. The van der Waals surface area contributed by atoms with Gasteiger partial charge in [0.25, 0.3) is 0 Å². The fourth-order valence-electron chi connectivity index (χ4n) is 2.47. The molecule has 1 amide bonds. The zero-order valence-corrected chi connectivity index (χ0v) is 15.8. The van der Waals surface area contributed by atoms with Gasteiger partial charge in [-0.15, -0.1) is 0 Å². The fraction of sp³-hybridized carbons (Fsp3) is 0.176. The summed E-state index contributed by atoms with van der Waals surface area (Å²) in [6.07, 6.45) is 1.59. The molecule has 1 heterocycles. The van der Waals surface area contributed by atoms with Gasteiger partial charge < -0.3 is 9.88 Å². The maximum Gasteiger partial charge on any atom is 0.244 e. The molecule has 0 saturated carbocycles. The summed E-state index contributed by atoms with van der Waals surface area (Å²) < 4.78 is 27.4. The van der Waals surface area contributed by atoms with Crippen LogP contribution in [0.15, 0.2) is 53.7 Å². The molecule has 0 atom stereocenters. The second kappa shape index (κ2) is 7.06. The van der Waals surface area contributed by atoms with E-state index in [-0.39, 0.29) is 22.4 Å². The lowest BCUT2D eigenvalue weighted by Gasteiger charge is -2.14. The number of imidazole rings is 1. The van der Waals surface area contributed by atoms with Gasteiger partial charge in [0.1, 0.15) is 11.4 Å². The molecule has 3 rings (SSSR count). The van der Waals surface area contributed by atoms with Crippen LogP contribution in [0, 0.1) is 0 Å². The summed E-state index contributed by atoms with van der Waals surface area (Å²) in [5, 5.41) is 2.79. The van der Waals surface area contributed by atoms with Gasteiger partial charge in [-0.2, -0.15) is 0 Å². The number of amides is 1. The van der Waals surface area contributed by atoms with E-state index in [2.05, 4.69) is 10.3 Å². The van der Waals surface area contributed by atoms with Crippen LogP contribution in [0.2, 0.25) is 5.02 Å². The number of para-hydroxylation sites is 2. The molecule has 1 aromatic heterocycles. The number of fused-ring (bicyclic) bond motifs is 1. The van der Waals surface area contributed by atoms with Crippen LogP contribution in [-0.4, -0.2) is 42.3 Å². The number of nitrogens with one attached hydrogen (secondary N) is 1. The molecule has 0 fully saturated rings. The van der Waals surface area contributed by atoms with Crippen molar-refractivity contribution in [2.75, 3.05) is 19.4 Å². The van der Waals surface area contributed by atoms with E-state index in [0.29, 0.717) is 5.69 Å². The third-order valence-corrected chi connectivity index (χ3v) is 6.11. The molecule has 7 nitrogen and oxygen atoms in total. The topological polar surface area (TPSA) is 84.3 Å². The van der Waals surface area contributed by atoms with Crippen molar-refractivity contribution in [1.29, 1.82) is 0 Å². The number of hydrogen-bond acceptors (Lipinski definition) is 4. The molecule has 26 heavy (non-hydrogen) atoms. The Bertz CT molecular complexity index is 1080. The largest absolute Gasteiger partial charge is 0.324 e. The lowest BCUT2D eigenvalue weighted by atomic mass is 10.3. The van der Waals surface area contributed by atoms with Crippen LogP contribution in [0.1, 0.15) is 0 Å². The summed E-state index contributed by atoms with van der Waals surface area (Å²) >= 11 is 6.01. The van der Waals surface area contributed by atoms with Crippen molar-refractivity contribution >= 4 is 44.3 Å². The molecule has 2 aromatic carbocycles. The van der Waals surface area contributed by atoms with Crippen molar-refractivity contribution in [3.63, 3.8) is 0 Å². The first-order chi connectivity index (χ1) is 12.3. The first-order valence-corrected chi connectivity index (χ1v) is 9.52. The van der Waals surface area contributed by atoms with Gasteiger partial charge in [-0.3, -0.25) is 4.79 Å². The number of halogens is 1. The number of carbonyl (C=O) groups excluding carboxylic acids is 1. The first kappa shape index (κ1) is 18.4. The van der Waals surface area contributed by atoms with Crippen molar-refractivity contribution in [2.24, 2.45) is 0 Å². The normalized spacial score (nSPS) is 11.8. The van der Waals surface area contributed by atoms with Crippen molar-refractivity contribution in [1.82, 2.24) is 13.9 Å². The summed E-state index contributed by atoms with van der Waals surface area (Å²) in [7, 11) is -0.874. The summed E-state index contributed by atoms with van der Waals surface area (Å²) in [6, 6.07) is 11.8. The molecule has 3 aromatic rings. The van der Waals surface area contributed by atoms with E-state index < -0.39 is 10.0 Å². The van der Waals surface area contributed by atoms with Crippen LogP contribution in [0.5, 0.6) is 0 Å². The predicted molar refractivity (Wildman–Crippen MR) is 101 cm³/mol. The Labute approximate surface area is 156 Å². The number of anilines is 1. The Balaban J connectivity index is 1.82. The SMILES string of the molecule is CN(C)S(=O)(=O)c1cc(NC(=O)Cn2cnc3ccccc32)ccc1Cl. The summed E-state index contributed by atoms with van der Waals surface area (Å²) in [6.45, 7) is 0.0545. The van der Waals surface area contributed by atoms with E-state index in [9.17, 15) is 13.2 Å². The number of carbonyl (C=O) groups is 1. The summed E-state index contributed by atoms with van der Waals surface area (Å²) in [4.78, 5) is 16.5. The summed E-state index contributed by atoms with van der Waals surface area (Å²) in [5.74, 6) is -0.302. The average molecular weight is 393 g/mol. The van der Waals surface area contributed by atoms with Gasteiger partial charge in [-0.25, -0.2) is 17.7 Å². The number of nitrogens with zero attached hydrogens (tertiary/aromatic N) is 3. The van der Waals surface area contributed by atoms with E-state index in [4.69, 9.17) is 11.6 Å². The van der Waals surface area contributed by atoms with Crippen molar-refractivity contribution < 1.29 is 13.2 Å². The number of aromatic nitrogens is 2. The third kappa shape index (κ3) is 3.57. The molecule has 0 aliphatic carbocycles. The highest BCUT2D eigenvalue weighted by molar-refractivity contribution is 7.89. The highest BCUT2D eigenvalue weighted by atomic mass is 35.5. The van der Waals surface area contributed by atoms with Gasteiger partial charge in [0.05, 0.1) is 22.4 Å². The molecular formula is C17H17ClN4O3S. The maximum atomic E-state index is 12.4. The van der Waals surface area contributed by atoms with E-state index in [1.54, 1.807) is 17.0 Å². The zero-order valence-electron chi connectivity index (χ0n) is 14.2. The lowest BCUT2D eigenvalue weighted by molar-refractivity contribution is -0.116. The molecule has 0 aliphatic rings. The quantitative estimate of drug-likeness (QED) is 0.723. The molecule has 0 saturated heterocycles. The monoisotopic (exact) mass is 392 g/mol. The van der Waals surface area contributed by atoms with Gasteiger partial charge >= 0.3 is 0 Å². The Morgan fingerprint density at radius 1 is 1.23 bits per heavy atom. The molecule has 1 N–H and O–H groups in total. The zero-order chi connectivity index (χ0) is 18.9. The van der Waals surface area contributed by atoms with Gasteiger partial charge in [-0.1, -0.05) is 23.7 Å². The van der Waals surface area contributed by atoms with E-state index in [1.807, 2.05) is 24.3 Å². The van der Waals surface area contributed by atoms with Gasteiger partial charge in [0.2, 0.25) is 15.9 Å². The van der Waals surface area contributed by atoms with Crippen LogP contribution in [0.3, 0.4) is 0 Å². The highest BCUT2D eigenvalue weighted by Gasteiger charge is 2.21. The van der Waals surface area contributed by atoms with Crippen LogP contribution < -0.4 is 5.32 Å². The van der Waals surface area contributed by atoms with Crippen molar-refractivity contribution in [2.45, 2.75) is 11.4 Å². The number of hydrogen-bond donors (Lipinski definition) is 1. The van der Waals surface area contributed by atoms with Gasteiger partial charge in [-0.05, 0) is 30.3 Å². The number of sulfonamides is 1. The minimum atomic E-state index is -3.71.